The van der Waals surface area contributed by atoms with Gasteiger partial charge in [0.05, 0.1) is 23.0 Å². The molecule has 0 fully saturated rings. The van der Waals surface area contributed by atoms with E-state index in [1.807, 2.05) is 24.3 Å². The van der Waals surface area contributed by atoms with Gasteiger partial charge in [-0.1, -0.05) is 35.5 Å². The van der Waals surface area contributed by atoms with Crippen LogP contribution in [0.5, 0.6) is 5.88 Å². The number of para-hydroxylation sites is 2. The van der Waals surface area contributed by atoms with Gasteiger partial charge in [-0.25, -0.2) is 9.97 Å². The summed E-state index contributed by atoms with van der Waals surface area (Å²) in [7, 11) is 0. The Morgan fingerprint density at radius 1 is 1.10 bits per heavy atom. The Bertz CT molecular complexity index is 1140. The first-order valence-electron chi connectivity index (χ1n) is 8.51. The van der Waals surface area contributed by atoms with Crippen LogP contribution in [-0.2, 0) is 11.4 Å². The highest BCUT2D eigenvalue weighted by molar-refractivity contribution is 7.99. The third kappa shape index (κ3) is 5.21. The van der Waals surface area contributed by atoms with Crippen molar-refractivity contribution >= 4 is 46.0 Å². The molecule has 0 unspecified atom stereocenters. The third-order valence-electron chi connectivity index (χ3n) is 3.67. The number of hydrogen-bond acceptors (Lipinski definition) is 8. The average molecular weight is 428 g/mol. The molecule has 10 heteroatoms. The van der Waals surface area contributed by atoms with Crippen molar-refractivity contribution in [1.82, 2.24) is 20.2 Å². The molecule has 4 rings (SSSR count). The number of carbonyl (C=O) groups excluding carboxylic acids is 1. The Morgan fingerprint density at radius 3 is 2.72 bits per heavy atom. The quantitative estimate of drug-likeness (QED) is 0.442. The summed E-state index contributed by atoms with van der Waals surface area (Å²) in [5.41, 5.74) is 2.18. The van der Waals surface area contributed by atoms with Crippen LogP contribution in [-0.4, -0.2) is 31.8 Å². The van der Waals surface area contributed by atoms with Crippen LogP contribution in [0, 0.1) is 0 Å². The van der Waals surface area contributed by atoms with Crippen molar-refractivity contribution < 1.29 is 13.9 Å². The number of nitrogens with zero attached hydrogens (tertiary/aromatic N) is 4. The molecule has 0 aliphatic heterocycles. The van der Waals surface area contributed by atoms with Crippen molar-refractivity contribution in [2.45, 2.75) is 11.8 Å². The largest absolute Gasteiger partial charge is 0.466 e. The molecule has 2 aromatic heterocycles. The molecule has 2 heterocycles. The van der Waals surface area contributed by atoms with Gasteiger partial charge in [-0.15, -0.1) is 10.2 Å². The lowest BCUT2D eigenvalue weighted by Gasteiger charge is -2.04. The van der Waals surface area contributed by atoms with E-state index in [0.717, 1.165) is 22.8 Å². The second kappa shape index (κ2) is 8.89. The molecule has 1 amide bonds. The molecule has 8 nitrogen and oxygen atoms in total. The zero-order chi connectivity index (χ0) is 20.1. The fraction of sp³-hybridized carbons (Fsp3) is 0.105. The number of anilines is 1. The van der Waals surface area contributed by atoms with Gasteiger partial charge in [0.15, 0.2) is 6.61 Å². The van der Waals surface area contributed by atoms with E-state index in [1.54, 1.807) is 24.3 Å². The van der Waals surface area contributed by atoms with Gasteiger partial charge in [0, 0.05) is 10.7 Å². The summed E-state index contributed by atoms with van der Waals surface area (Å²) in [5, 5.41) is 11.5. The van der Waals surface area contributed by atoms with Crippen molar-refractivity contribution in [3.63, 3.8) is 0 Å². The van der Waals surface area contributed by atoms with E-state index >= 15 is 0 Å². The maximum atomic E-state index is 12.0. The normalized spacial score (nSPS) is 10.8. The molecule has 29 heavy (non-hydrogen) atoms. The summed E-state index contributed by atoms with van der Waals surface area (Å²) < 4.78 is 11.0. The molecular weight excluding hydrogens is 414 g/mol. The standard InChI is InChI=1S/C19H14ClN5O3S/c20-12-5-7-13(8-6-12)22-16(26)11-29-19-25-24-18(28-19)10-27-17-9-21-14-3-1-2-4-15(14)23-17/h1-9H,10-11H2,(H,22,26). The minimum Gasteiger partial charge on any atom is -0.466 e. The zero-order valence-corrected chi connectivity index (χ0v) is 16.5. The smallest absolute Gasteiger partial charge is 0.277 e. The Balaban J connectivity index is 1.27. The number of fused-ring (bicyclic) bond motifs is 1. The fourth-order valence-corrected chi connectivity index (χ4v) is 3.06. The number of ether oxygens (including phenoxy) is 1. The van der Waals surface area contributed by atoms with Crippen LogP contribution in [0.15, 0.2) is 64.4 Å². The van der Waals surface area contributed by atoms with Crippen LogP contribution in [0.1, 0.15) is 5.89 Å². The molecule has 4 aromatic rings. The summed E-state index contributed by atoms with van der Waals surface area (Å²) >= 11 is 6.95. The molecular formula is C19H14ClN5O3S. The first-order chi connectivity index (χ1) is 14.2. The highest BCUT2D eigenvalue weighted by Crippen LogP contribution is 2.19. The molecule has 0 saturated heterocycles. The van der Waals surface area contributed by atoms with Gasteiger partial charge in [0.1, 0.15) is 0 Å². The number of halogens is 1. The van der Waals surface area contributed by atoms with Crippen molar-refractivity contribution in [2.75, 3.05) is 11.1 Å². The monoisotopic (exact) mass is 427 g/mol. The minimum atomic E-state index is -0.195. The molecule has 146 valence electrons. The van der Waals surface area contributed by atoms with E-state index in [2.05, 4.69) is 25.5 Å². The van der Waals surface area contributed by atoms with Crippen LogP contribution in [0.2, 0.25) is 5.02 Å². The number of thioether (sulfide) groups is 1. The van der Waals surface area contributed by atoms with Gasteiger partial charge in [0.2, 0.25) is 11.8 Å². The molecule has 1 N–H and O–H groups in total. The molecule has 0 atom stereocenters. The lowest BCUT2D eigenvalue weighted by Crippen LogP contribution is -2.13. The zero-order valence-electron chi connectivity index (χ0n) is 14.9. The predicted molar refractivity (Wildman–Crippen MR) is 109 cm³/mol. The van der Waals surface area contributed by atoms with E-state index in [4.69, 9.17) is 20.8 Å². The Labute approximate surface area is 174 Å². The molecule has 0 spiro atoms. The van der Waals surface area contributed by atoms with E-state index in [-0.39, 0.29) is 29.4 Å². The summed E-state index contributed by atoms with van der Waals surface area (Å²) in [6.07, 6.45) is 1.54. The predicted octanol–water partition coefficient (Wildman–Crippen LogP) is 3.98. The molecule has 0 aliphatic rings. The minimum absolute atomic E-state index is 0.0531. The number of amides is 1. The van der Waals surface area contributed by atoms with Crippen LogP contribution in [0.3, 0.4) is 0 Å². The average Bonchev–Trinajstić information content (AvgIpc) is 3.20. The van der Waals surface area contributed by atoms with E-state index in [1.165, 1.54) is 6.20 Å². The highest BCUT2D eigenvalue weighted by Gasteiger charge is 2.11. The fourth-order valence-electron chi connectivity index (χ4n) is 2.36. The topological polar surface area (TPSA) is 103 Å². The summed E-state index contributed by atoms with van der Waals surface area (Å²) in [6.45, 7) is 0.0531. The van der Waals surface area contributed by atoms with Gasteiger partial charge < -0.3 is 14.5 Å². The maximum absolute atomic E-state index is 12.0. The number of hydrogen-bond donors (Lipinski definition) is 1. The van der Waals surface area contributed by atoms with E-state index in [9.17, 15) is 4.79 Å². The number of aromatic nitrogens is 4. The number of rotatable bonds is 7. The van der Waals surface area contributed by atoms with Crippen molar-refractivity contribution in [2.24, 2.45) is 0 Å². The van der Waals surface area contributed by atoms with E-state index < -0.39 is 0 Å². The maximum Gasteiger partial charge on any atom is 0.277 e. The summed E-state index contributed by atoms with van der Waals surface area (Å²) in [5.74, 6) is 0.570. The van der Waals surface area contributed by atoms with Crippen molar-refractivity contribution in [3.05, 3.63) is 65.6 Å². The molecule has 0 radical (unpaired) electrons. The van der Waals surface area contributed by atoms with Gasteiger partial charge in [0.25, 0.3) is 11.1 Å². The summed E-state index contributed by atoms with van der Waals surface area (Å²) in [6, 6.07) is 14.4. The highest BCUT2D eigenvalue weighted by atomic mass is 35.5. The van der Waals surface area contributed by atoms with Crippen molar-refractivity contribution in [1.29, 1.82) is 0 Å². The second-order valence-corrected chi connectivity index (χ2v) is 7.15. The SMILES string of the molecule is O=C(CSc1nnc(COc2cnc3ccccc3n2)o1)Nc1ccc(Cl)cc1. The van der Waals surface area contributed by atoms with Crippen molar-refractivity contribution in [3.8, 4) is 5.88 Å². The third-order valence-corrected chi connectivity index (χ3v) is 4.74. The molecule has 0 aliphatic carbocycles. The number of nitrogens with one attached hydrogen (secondary N) is 1. The Hall–Kier alpha value is -3.17. The summed E-state index contributed by atoms with van der Waals surface area (Å²) in [4.78, 5) is 20.6. The van der Waals surface area contributed by atoms with E-state index in [0.29, 0.717) is 16.6 Å². The second-order valence-electron chi connectivity index (χ2n) is 5.79. The lowest BCUT2D eigenvalue weighted by atomic mass is 10.3. The number of carbonyl (C=O) groups is 1. The first-order valence-corrected chi connectivity index (χ1v) is 9.87. The molecule has 0 saturated carbocycles. The van der Waals surface area contributed by atoms with Crippen LogP contribution >= 0.6 is 23.4 Å². The number of benzene rings is 2. The Morgan fingerprint density at radius 2 is 1.90 bits per heavy atom. The lowest BCUT2D eigenvalue weighted by molar-refractivity contribution is -0.113. The van der Waals surface area contributed by atoms with Gasteiger partial charge in [-0.05, 0) is 36.4 Å². The van der Waals surface area contributed by atoms with Gasteiger partial charge >= 0.3 is 0 Å². The van der Waals surface area contributed by atoms with Crippen LogP contribution in [0.4, 0.5) is 5.69 Å². The van der Waals surface area contributed by atoms with Gasteiger partial charge in [-0.3, -0.25) is 4.79 Å². The first kappa shape index (κ1) is 19.2. The molecule has 0 bridgehead atoms. The van der Waals surface area contributed by atoms with Crippen LogP contribution < -0.4 is 10.1 Å². The van der Waals surface area contributed by atoms with Gasteiger partial charge in [-0.2, -0.15) is 0 Å². The van der Waals surface area contributed by atoms with Crippen LogP contribution in [0.25, 0.3) is 11.0 Å². The molecule has 2 aromatic carbocycles. The Kier molecular flexibility index (Phi) is 5.87.